The summed E-state index contributed by atoms with van der Waals surface area (Å²) in [6, 6.07) is 25.5. The Hall–Kier alpha value is -4.58. The van der Waals surface area contributed by atoms with Gasteiger partial charge < -0.3 is 19.2 Å². The summed E-state index contributed by atoms with van der Waals surface area (Å²) in [5.41, 5.74) is 4.49. The summed E-state index contributed by atoms with van der Waals surface area (Å²) in [7, 11) is 0. The van der Waals surface area contributed by atoms with Crippen LogP contribution in [-0.4, -0.2) is 21.7 Å². The second kappa shape index (κ2) is 10.9. The second-order valence-corrected chi connectivity index (χ2v) is 11.2. The fourth-order valence-electron chi connectivity index (χ4n) is 4.96. The number of carbonyl (C=O) groups excluding carboxylic acids is 2. The summed E-state index contributed by atoms with van der Waals surface area (Å²) in [5, 5.41) is 11.4. The van der Waals surface area contributed by atoms with E-state index in [0.717, 1.165) is 22.3 Å². The van der Waals surface area contributed by atoms with Gasteiger partial charge in [0.15, 0.2) is 0 Å². The van der Waals surface area contributed by atoms with Gasteiger partial charge in [0.25, 0.3) is 11.7 Å². The van der Waals surface area contributed by atoms with Crippen LogP contribution in [0.2, 0.25) is 0 Å². The van der Waals surface area contributed by atoms with Crippen molar-refractivity contribution in [2.45, 2.75) is 52.3 Å². The average molecular weight is 536 g/mol. The van der Waals surface area contributed by atoms with Gasteiger partial charge in [-0.2, -0.15) is 0 Å². The number of ketones is 1. The highest BCUT2D eigenvalue weighted by molar-refractivity contribution is 6.46. The van der Waals surface area contributed by atoms with Crippen molar-refractivity contribution in [1.82, 2.24) is 4.90 Å². The predicted octanol–water partition coefficient (Wildman–Crippen LogP) is 7.09. The van der Waals surface area contributed by atoms with Crippen LogP contribution >= 0.6 is 0 Å². The molecule has 1 aromatic heterocycles. The Kier molecular flexibility index (Phi) is 7.35. The molecule has 0 bridgehead atoms. The molecule has 3 aromatic carbocycles. The lowest BCUT2D eigenvalue weighted by atomic mass is 9.85. The van der Waals surface area contributed by atoms with Crippen molar-refractivity contribution in [3.8, 4) is 5.75 Å². The molecule has 6 heteroatoms. The first kappa shape index (κ1) is 27.0. The molecule has 1 saturated heterocycles. The van der Waals surface area contributed by atoms with Gasteiger partial charge in [-0.25, -0.2) is 0 Å². The van der Waals surface area contributed by atoms with E-state index in [1.54, 1.807) is 36.4 Å². The highest BCUT2D eigenvalue weighted by Gasteiger charge is 2.46. The van der Waals surface area contributed by atoms with E-state index in [4.69, 9.17) is 9.15 Å². The third-order valence-electron chi connectivity index (χ3n) is 7.15. The minimum absolute atomic E-state index is 0.0495. The first-order valence-corrected chi connectivity index (χ1v) is 13.3. The molecule has 6 nitrogen and oxygen atoms in total. The summed E-state index contributed by atoms with van der Waals surface area (Å²) in [6.45, 7) is 8.92. The maximum Gasteiger partial charge on any atom is 0.296 e. The van der Waals surface area contributed by atoms with Crippen molar-refractivity contribution < 1.29 is 23.8 Å². The molecule has 0 saturated carbocycles. The van der Waals surface area contributed by atoms with E-state index in [1.807, 2.05) is 49.4 Å². The molecule has 1 amide bonds. The lowest BCUT2D eigenvalue weighted by Crippen LogP contribution is -2.29. The molecule has 1 fully saturated rings. The van der Waals surface area contributed by atoms with Gasteiger partial charge in [-0.05, 0) is 65.4 Å². The predicted molar refractivity (Wildman–Crippen MR) is 154 cm³/mol. The number of carbonyl (C=O) groups is 2. The van der Waals surface area contributed by atoms with Gasteiger partial charge in [0.05, 0.1) is 24.4 Å². The number of hydrogen-bond acceptors (Lipinski definition) is 5. The molecule has 1 aliphatic heterocycles. The number of likely N-dealkylation sites (tertiary alicyclic amines) is 1. The Morgan fingerprint density at radius 3 is 2.30 bits per heavy atom. The average Bonchev–Trinajstić information content (AvgIpc) is 3.54. The summed E-state index contributed by atoms with van der Waals surface area (Å²) < 4.78 is 11.4. The lowest BCUT2D eigenvalue weighted by Gasteiger charge is -2.26. The van der Waals surface area contributed by atoms with Crippen LogP contribution in [0.4, 0.5) is 0 Å². The van der Waals surface area contributed by atoms with Crippen molar-refractivity contribution in [2.24, 2.45) is 0 Å². The van der Waals surface area contributed by atoms with Crippen LogP contribution in [0, 0.1) is 6.92 Å². The third-order valence-corrected chi connectivity index (χ3v) is 7.15. The van der Waals surface area contributed by atoms with Crippen LogP contribution < -0.4 is 4.74 Å². The van der Waals surface area contributed by atoms with Crippen molar-refractivity contribution >= 4 is 17.4 Å². The maximum atomic E-state index is 13.4. The number of aliphatic hydroxyl groups excluding tert-OH is 1. The Labute approximate surface area is 234 Å². The van der Waals surface area contributed by atoms with E-state index in [2.05, 4.69) is 26.8 Å². The zero-order valence-electron chi connectivity index (χ0n) is 23.2. The molecule has 0 spiro atoms. The summed E-state index contributed by atoms with van der Waals surface area (Å²) in [4.78, 5) is 28.1. The highest BCUT2D eigenvalue weighted by Crippen LogP contribution is 2.41. The van der Waals surface area contributed by atoms with Gasteiger partial charge >= 0.3 is 0 Å². The van der Waals surface area contributed by atoms with Gasteiger partial charge in [-0.1, -0.05) is 74.9 Å². The monoisotopic (exact) mass is 535 g/mol. The number of Topliss-reactive ketones (excluding diaryl/α,β-unsaturated/α-hetero) is 1. The van der Waals surface area contributed by atoms with Gasteiger partial charge in [0.2, 0.25) is 0 Å². The molecular formula is C34H33NO5. The molecule has 0 unspecified atom stereocenters. The largest absolute Gasteiger partial charge is 0.507 e. The number of benzene rings is 3. The molecule has 1 N–H and O–H groups in total. The Bertz CT molecular complexity index is 1540. The first-order valence-electron chi connectivity index (χ1n) is 13.3. The SMILES string of the molecule is Cc1cccc(COc2ccc(/C(O)=C3\C(=O)C(=O)N(Cc4ccco4)[C@H]3c3ccc(C(C)(C)C)cc3)cc2)c1. The minimum Gasteiger partial charge on any atom is -0.507 e. The summed E-state index contributed by atoms with van der Waals surface area (Å²) in [5.74, 6) is -0.455. The van der Waals surface area contributed by atoms with Crippen molar-refractivity contribution in [3.05, 3.63) is 130 Å². The highest BCUT2D eigenvalue weighted by atomic mass is 16.5. The zero-order chi connectivity index (χ0) is 28.4. The lowest BCUT2D eigenvalue weighted by molar-refractivity contribution is -0.140. The van der Waals surface area contributed by atoms with Crippen LogP contribution in [0.25, 0.3) is 5.76 Å². The molecule has 4 aromatic rings. The normalized spacial score (nSPS) is 16.9. The number of furan rings is 1. The van der Waals surface area contributed by atoms with E-state index in [0.29, 0.717) is 23.7 Å². The number of nitrogens with zero attached hydrogens (tertiary/aromatic N) is 1. The van der Waals surface area contributed by atoms with Crippen molar-refractivity contribution in [1.29, 1.82) is 0 Å². The van der Waals surface area contributed by atoms with Crippen LogP contribution in [-0.2, 0) is 28.2 Å². The number of amides is 1. The quantitative estimate of drug-likeness (QED) is 0.155. The van der Waals surface area contributed by atoms with Gasteiger partial charge in [0, 0.05) is 5.56 Å². The smallest absolute Gasteiger partial charge is 0.296 e. The van der Waals surface area contributed by atoms with E-state index < -0.39 is 17.7 Å². The van der Waals surface area contributed by atoms with E-state index in [1.165, 1.54) is 11.2 Å². The standard InChI is InChI=1S/C34H33NO5/c1-22-7-5-8-23(19-22)21-40-27-16-12-25(13-17-27)31(36)29-30(24-10-14-26(15-11-24)34(2,3)4)35(33(38)32(29)37)20-28-9-6-18-39-28/h5-19,30,36H,20-21H2,1-4H3/b31-29+/t30-/m0/s1. The van der Waals surface area contributed by atoms with Crippen LogP contribution in [0.3, 0.4) is 0 Å². The van der Waals surface area contributed by atoms with Crippen LogP contribution in [0.15, 0.2) is 101 Å². The van der Waals surface area contributed by atoms with Gasteiger partial charge in [-0.3, -0.25) is 9.59 Å². The molecule has 204 valence electrons. The topological polar surface area (TPSA) is 80.0 Å². The van der Waals surface area contributed by atoms with E-state index in [-0.39, 0.29) is 23.3 Å². The fraction of sp³-hybridized carbons (Fsp3) is 0.235. The third kappa shape index (κ3) is 5.57. The number of ether oxygens (including phenoxy) is 1. The Balaban J connectivity index is 1.48. The maximum absolute atomic E-state index is 13.4. The molecule has 1 aliphatic rings. The molecule has 1 atom stereocenters. The summed E-state index contributed by atoms with van der Waals surface area (Å²) >= 11 is 0. The number of aliphatic hydroxyl groups is 1. The number of hydrogen-bond donors (Lipinski definition) is 1. The molecule has 0 radical (unpaired) electrons. The molecule has 2 heterocycles. The zero-order valence-corrected chi connectivity index (χ0v) is 23.2. The van der Waals surface area contributed by atoms with Gasteiger partial charge in [-0.15, -0.1) is 0 Å². The number of rotatable bonds is 7. The Morgan fingerprint density at radius 1 is 0.950 bits per heavy atom. The van der Waals surface area contributed by atoms with Crippen molar-refractivity contribution in [2.75, 3.05) is 0 Å². The van der Waals surface area contributed by atoms with E-state index >= 15 is 0 Å². The Morgan fingerprint density at radius 2 is 1.68 bits per heavy atom. The molecule has 5 rings (SSSR count). The van der Waals surface area contributed by atoms with Crippen LogP contribution in [0.1, 0.15) is 60.4 Å². The van der Waals surface area contributed by atoms with Crippen LogP contribution in [0.5, 0.6) is 5.75 Å². The minimum atomic E-state index is -0.767. The second-order valence-electron chi connectivity index (χ2n) is 11.2. The van der Waals surface area contributed by atoms with Crippen molar-refractivity contribution in [3.63, 3.8) is 0 Å². The first-order chi connectivity index (χ1) is 19.1. The molecule has 0 aliphatic carbocycles. The molecule has 40 heavy (non-hydrogen) atoms. The summed E-state index contributed by atoms with van der Waals surface area (Å²) in [6.07, 6.45) is 1.53. The van der Waals surface area contributed by atoms with E-state index in [9.17, 15) is 14.7 Å². The number of aryl methyl sites for hydroxylation is 1. The fourth-order valence-corrected chi connectivity index (χ4v) is 4.96. The molecular weight excluding hydrogens is 502 g/mol. The van der Waals surface area contributed by atoms with Gasteiger partial charge in [0.1, 0.15) is 23.9 Å².